The van der Waals surface area contributed by atoms with Crippen molar-refractivity contribution in [1.82, 2.24) is 9.97 Å². The third kappa shape index (κ3) is 1.87. The molecule has 0 bridgehead atoms. The van der Waals surface area contributed by atoms with E-state index in [9.17, 15) is 4.79 Å². The van der Waals surface area contributed by atoms with Gasteiger partial charge in [-0.1, -0.05) is 12.2 Å². The zero-order chi connectivity index (χ0) is 10.8. The van der Waals surface area contributed by atoms with Crippen molar-refractivity contribution in [2.45, 2.75) is 6.92 Å². The van der Waals surface area contributed by atoms with Crippen molar-refractivity contribution in [1.29, 1.82) is 0 Å². The van der Waals surface area contributed by atoms with E-state index in [4.69, 9.17) is 16.6 Å². The van der Waals surface area contributed by atoms with Crippen LogP contribution in [0.3, 0.4) is 0 Å². The summed E-state index contributed by atoms with van der Waals surface area (Å²) in [4.78, 5) is 17.9. The van der Waals surface area contributed by atoms with Crippen LogP contribution in [0.5, 0.6) is 0 Å². The standard InChI is InChI=1S/C10H8N2O2S/c1-6-8(14-10(13)12-6)9(15)7-2-4-11-5-3-7/h2-5H,1H3,(H,12,13). The third-order valence-corrected chi connectivity index (χ3v) is 2.39. The number of oxazole rings is 1. The Bertz CT molecular complexity index is 542. The molecular weight excluding hydrogens is 212 g/mol. The zero-order valence-electron chi connectivity index (χ0n) is 7.98. The Morgan fingerprint density at radius 1 is 1.47 bits per heavy atom. The lowest BCUT2D eigenvalue weighted by atomic mass is 10.1. The summed E-state index contributed by atoms with van der Waals surface area (Å²) in [5.74, 6) is -0.0693. The Kier molecular flexibility index (Phi) is 2.47. The fraction of sp³-hybridized carbons (Fsp3) is 0.100. The van der Waals surface area contributed by atoms with Gasteiger partial charge in [-0.05, 0) is 24.6 Å². The Morgan fingerprint density at radius 3 is 2.67 bits per heavy atom. The SMILES string of the molecule is Cc1[nH]c(=O)oc1C(=S)c1ccncc1. The molecule has 0 spiro atoms. The fourth-order valence-electron chi connectivity index (χ4n) is 1.26. The lowest BCUT2D eigenvalue weighted by molar-refractivity contribution is 0.508. The topological polar surface area (TPSA) is 58.9 Å². The first-order valence-electron chi connectivity index (χ1n) is 4.33. The molecule has 4 nitrogen and oxygen atoms in total. The van der Waals surface area contributed by atoms with E-state index >= 15 is 0 Å². The molecule has 0 aliphatic heterocycles. The molecule has 2 aromatic heterocycles. The highest BCUT2D eigenvalue weighted by Crippen LogP contribution is 2.11. The number of hydrogen-bond donors (Lipinski definition) is 1. The first-order chi connectivity index (χ1) is 7.18. The second-order valence-corrected chi connectivity index (χ2v) is 3.44. The number of nitrogens with one attached hydrogen (secondary N) is 1. The number of hydrogen-bond acceptors (Lipinski definition) is 4. The van der Waals surface area contributed by atoms with Crippen molar-refractivity contribution in [3.8, 4) is 0 Å². The fourth-order valence-corrected chi connectivity index (χ4v) is 1.59. The Hall–Kier alpha value is -1.75. The Balaban J connectivity index is 2.46. The number of pyridine rings is 1. The van der Waals surface area contributed by atoms with Gasteiger partial charge in [-0.3, -0.25) is 9.97 Å². The zero-order valence-corrected chi connectivity index (χ0v) is 8.80. The second kappa shape index (κ2) is 3.78. The summed E-state index contributed by atoms with van der Waals surface area (Å²) >= 11 is 5.21. The molecule has 2 aromatic rings. The molecule has 0 aliphatic rings. The van der Waals surface area contributed by atoms with Crippen LogP contribution >= 0.6 is 12.2 Å². The van der Waals surface area contributed by atoms with Crippen molar-refractivity contribution in [3.63, 3.8) is 0 Å². The van der Waals surface area contributed by atoms with Crippen molar-refractivity contribution in [2.75, 3.05) is 0 Å². The molecule has 0 atom stereocenters. The number of aromatic nitrogens is 2. The number of H-pyrrole nitrogens is 1. The predicted molar refractivity (Wildman–Crippen MR) is 59.1 cm³/mol. The third-order valence-electron chi connectivity index (χ3n) is 1.97. The van der Waals surface area contributed by atoms with Crippen molar-refractivity contribution >= 4 is 17.1 Å². The highest BCUT2D eigenvalue weighted by molar-refractivity contribution is 7.81. The van der Waals surface area contributed by atoms with Crippen LogP contribution in [-0.4, -0.2) is 14.8 Å². The molecule has 15 heavy (non-hydrogen) atoms. The van der Waals surface area contributed by atoms with Gasteiger partial charge in [0.25, 0.3) is 0 Å². The minimum absolute atomic E-state index is 0.418. The molecule has 0 fully saturated rings. The number of aryl methyl sites for hydroxylation is 1. The van der Waals surface area contributed by atoms with E-state index < -0.39 is 5.76 Å². The lowest BCUT2D eigenvalue weighted by Crippen LogP contribution is -2.00. The average Bonchev–Trinajstić information content (AvgIpc) is 2.58. The van der Waals surface area contributed by atoms with Gasteiger partial charge in [0.2, 0.25) is 0 Å². The van der Waals surface area contributed by atoms with Crippen LogP contribution < -0.4 is 5.76 Å². The minimum Gasteiger partial charge on any atom is -0.407 e. The maximum absolute atomic E-state index is 11.0. The van der Waals surface area contributed by atoms with Crippen molar-refractivity contribution in [2.24, 2.45) is 0 Å². The summed E-state index contributed by atoms with van der Waals surface area (Å²) < 4.78 is 4.96. The highest BCUT2D eigenvalue weighted by Gasteiger charge is 2.12. The molecule has 0 unspecified atom stereocenters. The van der Waals surface area contributed by atoms with E-state index in [1.807, 2.05) is 0 Å². The van der Waals surface area contributed by atoms with Gasteiger partial charge in [-0.25, -0.2) is 4.79 Å². The van der Waals surface area contributed by atoms with Gasteiger partial charge in [0.1, 0.15) is 0 Å². The van der Waals surface area contributed by atoms with Gasteiger partial charge in [-0.15, -0.1) is 0 Å². The molecule has 0 saturated carbocycles. The summed E-state index contributed by atoms with van der Waals surface area (Å²) in [6, 6.07) is 3.55. The normalized spacial score (nSPS) is 10.2. The van der Waals surface area contributed by atoms with Gasteiger partial charge in [0.15, 0.2) is 5.76 Å². The van der Waals surface area contributed by atoms with Gasteiger partial charge >= 0.3 is 5.76 Å². The maximum atomic E-state index is 11.0. The van der Waals surface area contributed by atoms with Crippen LogP contribution in [0.15, 0.2) is 33.7 Å². The second-order valence-electron chi connectivity index (χ2n) is 3.03. The first kappa shape index (κ1) is 9.79. The van der Waals surface area contributed by atoms with Crippen LogP contribution in [0.1, 0.15) is 17.0 Å². The Labute approximate surface area is 91.0 Å². The van der Waals surface area contributed by atoms with E-state index in [2.05, 4.69) is 9.97 Å². The molecule has 2 rings (SSSR count). The van der Waals surface area contributed by atoms with Crippen LogP contribution in [0.4, 0.5) is 0 Å². The molecular formula is C10H8N2O2S. The number of aromatic amines is 1. The molecule has 0 saturated heterocycles. The molecule has 0 radical (unpaired) electrons. The molecule has 0 amide bonds. The van der Waals surface area contributed by atoms with Gasteiger partial charge < -0.3 is 4.42 Å². The number of thiocarbonyl (C=S) groups is 1. The molecule has 2 heterocycles. The smallest absolute Gasteiger partial charge is 0.407 e. The quantitative estimate of drug-likeness (QED) is 0.614. The summed E-state index contributed by atoms with van der Waals surface area (Å²) in [7, 11) is 0. The van der Waals surface area contributed by atoms with E-state index in [0.29, 0.717) is 16.3 Å². The first-order valence-corrected chi connectivity index (χ1v) is 4.74. The van der Waals surface area contributed by atoms with E-state index in [1.165, 1.54) is 0 Å². The summed E-state index contributed by atoms with van der Waals surface area (Å²) in [5.41, 5.74) is 1.45. The van der Waals surface area contributed by atoms with Gasteiger partial charge in [-0.2, -0.15) is 0 Å². The number of rotatable bonds is 2. The van der Waals surface area contributed by atoms with Crippen molar-refractivity contribution < 1.29 is 4.42 Å². The summed E-state index contributed by atoms with van der Waals surface area (Å²) in [5, 5.41) is 0. The summed E-state index contributed by atoms with van der Waals surface area (Å²) in [6.07, 6.45) is 3.28. The molecule has 0 aliphatic carbocycles. The van der Waals surface area contributed by atoms with Crippen LogP contribution in [-0.2, 0) is 0 Å². The molecule has 5 heteroatoms. The van der Waals surface area contributed by atoms with Gasteiger partial charge in [0, 0.05) is 12.4 Å². The molecule has 1 N–H and O–H groups in total. The largest absolute Gasteiger partial charge is 0.417 e. The molecule has 76 valence electrons. The van der Waals surface area contributed by atoms with E-state index in [-0.39, 0.29) is 0 Å². The Morgan fingerprint density at radius 2 is 2.13 bits per heavy atom. The minimum atomic E-state index is -0.487. The maximum Gasteiger partial charge on any atom is 0.417 e. The predicted octanol–water partition coefficient (Wildman–Crippen LogP) is 1.44. The lowest BCUT2D eigenvalue weighted by Gasteiger charge is -1.99. The van der Waals surface area contributed by atoms with Gasteiger partial charge in [0.05, 0.1) is 10.6 Å². The van der Waals surface area contributed by atoms with E-state index in [0.717, 1.165) is 5.56 Å². The highest BCUT2D eigenvalue weighted by atomic mass is 32.1. The summed E-state index contributed by atoms with van der Waals surface area (Å²) in [6.45, 7) is 1.74. The monoisotopic (exact) mass is 220 g/mol. The van der Waals surface area contributed by atoms with Crippen LogP contribution in [0.25, 0.3) is 0 Å². The van der Waals surface area contributed by atoms with E-state index in [1.54, 1.807) is 31.5 Å². The number of nitrogens with zero attached hydrogens (tertiary/aromatic N) is 1. The van der Waals surface area contributed by atoms with Crippen LogP contribution in [0, 0.1) is 6.92 Å². The van der Waals surface area contributed by atoms with Crippen LogP contribution in [0.2, 0.25) is 0 Å². The average molecular weight is 220 g/mol. The molecule has 0 aromatic carbocycles. The van der Waals surface area contributed by atoms with Crippen molar-refractivity contribution in [3.05, 3.63) is 52.1 Å².